The first kappa shape index (κ1) is 25.3. The van der Waals surface area contributed by atoms with Crippen molar-refractivity contribution < 1.29 is 0 Å². The quantitative estimate of drug-likeness (QED) is 0.291. The Hall–Kier alpha value is 1.34. The number of nitrogens with two attached hydrogens (primary N) is 2. The summed E-state index contributed by atoms with van der Waals surface area (Å²) < 4.78 is 0. The van der Waals surface area contributed by atoms with E-state index < -0.39 is 0 Å². The lowest BCUT2D eigenvalue weighted by Gasteiger charge is -1.94. The molecule has 0 fully saturated rings. The zero-order valence-electron chi connectivity index (χ0n) is 7.70. The maximum atomic E-state index is 5.15. The Morgan fingerprint density at radius 3 is 1.93 bits per heavy atom. The van der Waals surface area contributed by atoms with Crippen molar-refractivity contribution in [2.75, 3.05) is 0 Å². The largest absolute Gasteiger partial charge is 0.370 e. The summed E-state index contributed by atoms with van der Waals surface area (Å²) in [5.74, 6) is 0.113. The first-order valence-electron chi connectivity index (χ1n) is 3.23. The number of nitrogens with zero attached hydrogens (tertiary/aromatic N) is 2. The number of aromatic nitrogens is 1. The van der Waals surface area contributed by atoms with E-state index in [4.69, 9.17) is 11.5 Å². The molecule has 4 N–H and O–H groups in total. The highest BCUT2D eigenvalue weighted by molar-refractivity contribution is 14.0. The van der Waals surface area contributed by atoms with Gasteiger partial charge in [-0.25, -0.2) is 4.99 Å². The molecule has 0 aliphatic carbocycles. The van der Waals surface area contributed by atoms with E-state index in [0.29, 0.717) is 6.54 Å². The Morgan fingerprint density at radius 2 is 1.53 bits per heavy atom. The highest BCUT2D eigenvalue weighted by atomic mass is 127. The number of halogens is 4. The molecule has 1 rings (SSSR count). The molecule has 1 heterocycles. The van der Waals surface area contributed by atoms with Crippen LogP contribution in [0.2, 0.25) is 0 Å². The van der Waals surface area contributed by atoms with Crippen molar-refractivity contribution in [2.24, 2.45) is 16.5 Å². The number of hydrogen-bond donors (Lipinski definition) is 2. The summed E-state index contributed by atoms with van der Waals surface area (Å²) in [6.45, 7) is 0.519. The third kappa shape index (κ3) is 13.3. The maximum absolute atomic E-state index is 5.15. The van der Waals surface area contributed by atoms with Crippen molar-refractivity contribution in [1.29, 1.82) is 0 Å². The standard InChI is InChI=1S/C7H10N4.4HI/c8-7(9)11-5-6-1-3-10-4-2-6;;;;/h1-4H,5H2,(H4,8,9,11);4*1H. The van der Waals surface area contributed by atoms with Crippen LogP contribution in [-0.4, -0.2) is 10.9 Å². The number of hydrogen-bond acceptors (Lipinski definition) is 2. The van der Waals surface area contributed by atoms with Gasteiger partial charge in [0, 0.05) is 12.4 Å². The van der Waals surface area contributed by atoms with Crippen LogP contribution in [0.15, 0.2) is 29.5 Å². The van der Waals surface area contributed by atoms with E-state index in [1.165, 1.54) is 0 Å². The first-order valence-corrected chi connectivity index (χ1v) is 3.23. The SMILES string of the molecule is I.I.I.I.NC(N)=NCc1ccncc1. The third-order valence-corrected chi connectivity index (χ3v) is 1.19. The van der Waals surface area contributed by atoms with Gasteiger partial charge in [0.25, 0.3) is 0 Å². The van der Waals surface area contributed by atoms with Crippen LogP contribution in [0.3, 0.4) is 0 Å². The molecular weight excluding hydrogens is 648 g/mol. The van der Waals surface area contributed by atoms with E-state index in [1.807, 2.05) is 12.1 Å². The van der Waals surface area contributed by atoms with Gasteiger partial charge in [-0.3, -0.25) is 4.98 Å². The van der Waals surface area contributed by atoms with Gasteiger partial charge in [0.1, 0.15) is 0 Å². The maximum Gasteiger partial charge on any atom is 0.186 e. The third-order valence-electron chi connectivity index (χ3n) is 1.19. The van der Waals surface area contributed by atoms with Crippen LogP contribution in [0.1, 0.15) is 5.56 Å². The van der Waals surface area contributed by atoms with Crippen molar-refractivity contribution in [2.45, 2.75) is 6.54 Å². The summed E-state index contributed by atoms with van der Waals surface area (Å²) in [5, 5.41) is 0. The van der Waals surface area contributed by atoms with Crippen molar-refractivity contribution in [3.05, 3.63) is 30.1 Å². The van der Waals surface area contributed by atoms with Gasteiger partial charge in [-0.1, -0.05) is 0 Å². The molecule has 0 saturated heterocycles. The summed E-state index contributed by atoms with van der Waals surface area (Å²) in [6, 6.07) is 3.74. The van der Waals surface area contributed by atoms with Gasteiger partial charge in [-0.05, 0) is 17.7 Å². The van der Waals surface area contributed by atoms with Crippen LogP contribution in [0, 0.1) is 0 Å². The highest BCUT2D eigenvalue weighted by Gasteiger charge is 1.87. The van der Waals surface area contributed by atoms with Crippen molar-refractivity contribution in [3.63, 3.8) is 0 Å². The molecule has 0 bridgehead atoms. The Labute approximate surface area is 158 Å². The number of rotatable bonds is 2. The Bertz CT molecular complexity index is 250. The summed E-state index contributed by atoms with van der Waals surface area (Å²) in [6.07, 6.45) is 3.41. The highest BCUT2D eigenvalue weighted by Crippen LogP contribution is 1.96. The van der Waals surface area contributed by atoms with E-state index in [2.05, 4.69) is 9.98 Å². The molecule has 0 aromatic carbocycles. The fourth-order valence-electron chi connectivity index (χ4n) is 0.671. The van der Waals surface area contributed by atoms with Gasteiger partial charge in [0.15, 0.2) is 5.96 Å². The molecule has 0 unspecified atom stereocenters. The van der Waals surface area contributed by atoms with Crippen LogP contribution < -0.4 is 11.5 Å². The van der Waals surface area contributed by atoms with Crippen LogP contribution in [-0.2, 0) is 6.54 Å². The van der Waals surface area contributed by atoms with E-state index >= 15 is 0 Å². The lowest BCUT2D eigenvalue weighted by molar-refractivity contribution is 1.04. The average Bonchev–Trinajstić information content (AvgIpc) is 2.03. The molecule has 1 aromatic heterocycles. The minimum atomic E-state index is 0. The molecule has 15 heavy (non-hydrogen) atoms. The normalized spacial score (nSPS) is 6.67. The van der Waals surface area contributed by atoms with Gasteiger partial charge in [-0.15, -0.1) is 95.9 Å². The molecule has 1 aromatic rings. The molecular formula is C7H14I4N4. The predicted octanol–water partition coefficient (Wildman–Crippen LogP) is 2.33. The second kappa shape index (κ2) is 15.3. The van der Waals surface area contributed by atoms with Crippen molar-refractivity contribution in [3.8, 4) is 0 Å². The van der Waals surface area contributed by atoms with Crippen molar-refractivity contribution >= 4 is 102 Å². The van der Waals surface area contributed by atoms with Crippen LogP contribution >= 0.6 is 95.9 Å². The number of pyridine rings is 1. The minimum Gasteiger partial charge on any atom is -0.370 e. The van der Waals surface area contributed by atoms with Gasteiger partial charge >= 0.3 is 0 Å². The zero-order chi connectivity index (χ0) is 8.10. The summed E-state index contributed by atoms with van der Waals surface area (Å²) in [7, 11) is 0. The topological polar surface area (TPSA) is 77.3 Å². The van der Waals surface area contributed by atoms with E-state index in [0.717, 1.165) is 5.56 Å². The van der Waals surface area contributed by atoms with E-state index in [-0.39, 0.29) is 102 Å². The summed E-state index contributed by atoms with van der Waals surface area (Å²) in [5.41, 5.74) is 11.4. The second-order valence-corrected chi connectivity index (χ2v) is 2.10. The molecule has 0 aliphatic heterocycles. The average molecular weight is 662 g/mol. The summed E-state index contributed by atoms with van der Waals surface area (Å²) >= 11 is 0. The Kier molecular flexibility index (Phi) is 25.8. The molecule has 0 radical (unpaired) electrons. The Balaban J connectivity index is -0.000000151. The number of guanidine groups is 1. The molecule has 0 aliphatic rings. The fraction of sp³-hybridized carbons (Fsp3) is 0.143. The molecule has 8 heteroatoms. The molecule has 0 saturated carbocycles. The van der Waals surface area contributed by atoms with Gasteiger partial charge in [-0.2, -0.15) is 0 Å². The lowest BCUT2D eigenvalue weighted by Crippen LogP contribution is -2.22. The van der Waals surface area contributed by atoms with Crippen LogP contribution in [0.4, 0.5) is 0 Å². The smallest absolute Gasteiger partial charge is 0.186 e. The minimum absolute atomic E-state index is 0. The molecule has 0 atom stereocenters. The monoisotopic (exact) mass is 662 g/mol. The molecule has 90 valence electrons. The van der Waals surface area contributed by atoms with Crippen LogP contribution in [0.5, 0.6) is 0 Å². The first-order chi connectivity index (χ1) is 5.29. The van der Waals surface area contributed by atoms with Crippen molar-refractivity contribution in [1.82, 2.24) is 4.98 Å². The lowest BCUT2D eigenvalue weighted by atomic mass is 10.3. The fourth-order valence-corrected chi connectivity index (χ4v) is 0.671. The molecule has 4 nitrogen and oxygen atoms in total. The van der Waals surface area contributed by atoms with E-state index in [9.17, 15) is 0 Å². The Morgan fingerprint density at radius 1 is 1.07 bits per heavy atom. The number of aliphatic imine (C=N–C) groups is 1. The van der Waals surface area contributed by atoms with E-state index in [1.54, 1.807) is 12.4 Å². The predicted molar refractivity (Wildman–Crippen MR) is 105 cm³/mol. The second-order valence-electron chi connectivity index (χ2n) is 2.10. The zero-order valence-corrected chi connectivity index (χ0v) is 17.0. The van der Waals surface area contributed by atoms with Crippen LogP contribution in [0.25, 0.3) is 0 Å². The van der Waals surface area contributed by atoms with Gasteiger partial charge in [0.2, 0.25) is 0 Å². The van der Waals surface area contributed by atoms with Gasteiger partial charge in [0.05, 0.1) is 6.54 Å². The molecule has 0 amide bonds. The molecule has 0 spiro atoms. The van der Waals surface area contributed by atoms with Gasteiger partial charge < -0.3 is 11.5 Å². The summed E-state index contributed by atoms with van der Waals surface area (Å²) in [4.78, 5) is 7.70.